The first-order valence-electron chi connectivity index (χ1n) is 5.92. The predicted molar refractivity (Wildman–Crippen MR) is 61.9 cm³/mol. The number of ether oxygens (including phenoxy) is 1. The molecule has 0 N–H and O–H groups in total. The Morgan fingerprint density at radius 3 is 2.94 bits per heavy atom. The van der Waals surface area contributed by atoms with Gasteiger partial charge in [-0.05, 0) is 19.8 Å². The van der Waals surface area contributed by atoms with E-state index in [1.165, 1.54) is 13.3 Å². The van der Waals surface area contributed by atoms with Crippen LogP contribution in [0, 0.1) is 12.8 Å². The summed E-state index contributed by atoms with van der Waals surface area (Å²) in [7, 11) is 1.37. The Kier molecular flexibility index (Phi) is 3.64. The number of hydrogen-bond donors (Lipinski definition) is 0. The third kappa shape index (κ3) is 2.37. The number of amides is 1. The number of aromatic nitrogens is 1. The van der Waals surface area contributed by atoms with Crippen molar-refractivity contribution < 1.29 is 18.8 Å². The van der Waals surface area contributed by atoms with Crippen LogP contribution in [-0.4, -0.2) is 42.1 Å². The van der Waals surface area contributed by atoms with E-state index >= 15 is 0 Å². The zero-order valence-electron chi connectivity index (χ0n) is 10.5. The largest absolute Gasteiger partial charge is 0.469 e. The fraction of sp³-hybridized carbons (Fsp3) is 0.583. The van der Waals surface area contributed by atoms with Crippen LogP contribution < -0.4 is 0 Å². The fourth-order valence-corrected chi connectivity index (χ4v) is 2.20. The van der Waals surface area contributed by atoms with E-state index in [4.69, 9.17) is 9.26 Å². The Morgan fingerprint density at radius 1 is 1.56 bits per heavy atom. The van der Waals surface area contributed by atoms with Crippen molar-refractivity contribution in [3.05, 3.63) is 17.5 Å². The molecule has 1 aliphatic rings. The smallest absolute Gasteiger partial charge is 0.310 e. The van der Waals surface area contributed by atoms with Crippen LogP contribution in [0.1, 0.15) is 29.0 Å². The fourth-order valence-electron chi connectivity index (χ4n) is 2.20. The van der Waals surface area contributed by atoms with E-state index in [0.29, 0.717) is 24.4 Å². The molecule has 1 unspecified atom stereocenters. The van der Waals surface area contributed by atoms with E-state index in [-0.39, 0.29) is 17.8 Å². The molecule has 1 saturated heterocycles. The molecular formula is C12H16N2O4. The summed E-state index contributed by atoms with van der Waals surface area (Å²) in [5, 5.41) is 3.59. The molecule has 2 heterocycles. The van der Waals surface area contributed by atoms with Crippen molar-refractivity contribution in [1.82, 2.24) is 10.1 Å². The van der Waals surface area contributed by atoms with Gasteiger partial charge >= 0.3 is 5.97 Å². The van der Waals surface area contributed by atoms with E-state index in [0.717, 1.165) is 12.8 Å². The molecular weight excluding hydrogens is 236 g/mol. The maximum Gasteiger partial charge on any atom is 0.310 e. The quantitative estimate of drug-likeness (QED) is 0.734. The van der Waals surface area contributed by atoms with Crippen LogP contribution in [0.25, 0.3) is 0 Å². The summed E-state index contributed by atoms with van der Waals surface area (Å²) in [6.07, 6.45) is 2.98. The number of rotatable bonds is 2. The molecule has 1 atom stereocenters. The van der Waals surface area contributed by atoms with Gasteiger partial charge < -0.3 is 14.2 Å². The van der Waals surface area contributed by atoms with Gasteiger partial charge in [-0.15, -0.1) is 0 Å². The van der Waals surface area contributed by atoms with E-state index in [9.17, 15) is 9.59 Å². The summed E-state index contributed by atoms with van der Waals surface area (Å²) < 4.78 is 9.61. The van der Waals surface area contributed by atoms with Crippen LogP contribution in [0.15, 0.2) is 10.7 Å². The number of carbonyl (C=O) groups is 2. The molecule has 1 aromatic rings. The number of carbonyl (C=O) groups excluding carboxylic acids is 2. The summed E-state index contributed by atoms with van der Waals surface area (Å²) >= 11 is 0. The Balaban J connectivity index is 2.07. The molecule has 0 saturated carbocycles. The Morgan fingerprint density at radius 2 is 2.33 bits per heavy atom. The molecule has 1 amide bonds. The molecule has 6 heteroatoms. The minimum absolute atomic E-state index is 0.137. The summed E-state index contributed by atoms with van der Waals surface area (Å²) in [5.41, 5.74) is 0.459. The molecule has 98 valence electrons. The molecule has 0 aromatic carbocycles. The highest BCUT2D eigenvalue weighted by molar-refractivity contribution is 5.95. The molecule has 1 aromatic heterocycles. The molecule has 0 spiro atoms. The standard InChI is InChI=1S/C12H16N2O4/c1-8-10(6-13-18-8)11(15)14-5-3-4-9(7-14)12(16)17-2/h6,9H,3-5,7H2,1-2H3. The number of piperidine rings is 1. The Hall–Kier alpha value is -1.85. The van der Waals surface area contributed by atoms with Crippen LogP contribution in [0.2, 0.25) is 0 Å². The van der Waals surface area contributed by atoms with Crippen molar-refractivity contribution in [2.24, 2.45) is 5.92 Å². The molecule has 1 fully saturated rings. The third-order valence-corrected chi connectivity index (χ3v) is 3.22. The van der Waals surface area contributed by atoms with Crippen molar-refractivity contribution in [3.63, 3.8) is 0 Å². The maximum absolute atomic E-state index is 12.2. The van der Waals surface area contributed by atoms with Gasteiger partial charge in [-0.1, -0.05) is 5.16 Å². The SMILES string of the molecule is COC(=O)C1CCCN(C(=O)c2cnoc2C)C1. The number of aryl methyl sites for hydroxylation is 1. The lowest BCUT2D eigenvalue weighted by Gasteiger charge is -2.31. The second kappa shape index (κ2) is 5.20. The number of nitrogens with zero attached hydrogens (tertiary/aromatic N) is 2. The van der Waals surface area contributed by atoms with Crippen molar-refractivity contribution in [2.75, 3.05) is 20.2 Å². The van der Waals surface area contributed by atoms with Crippen LogP contribution in [0.3, 0.4) is 0 Å². The summed E-state index contributed by atoms with van der Waals surface area (Å²) in [6, 6.07) is 0. The van der Waals surface area contributed by atoms with Gasteiger partial charge in [0.05, 0.1) is 19.2 Å². The average Bonchev–Trinajstić information content (AvgIpc) is 2.83. The van der Waals surface area contributed by atoms with Crippen molar-refractivity contribution in [3.8, 4) is 0 Å². The first-order chi connectivity index (χ1) is 8.63. The van der Waals surface area contributed by atoms with E-state index in [2.05, 4.69) is 5.16 Å². The van der Waals surface area contributed by atoms with Gasteiger partial charge in [0.1, 0.15) is 11.3 Å². The van der Waals surface area contributed by atoms with Crippen LogP contribution in [-0.2, 0) is 9.53 Å². The summed E-state index contributed by atoms with van der Waals surface area (Å²) in [6.45, 7) is 2.75. The first kappa shape index (κ1) is 12.6. The van der Waals surface area contributed by atoms with E-state index < -0.39 is 0 Å². The number of methoxy groups -OCH3 is 1. The number of esters is 1. The average molecular weight is 252 g/mol. The third-order valence-electron chi connectivity index (χ3n) is 3.22. The molecule has 0 radical (unpaired) electrons. The van der Waals surface area contributed by atoms with Crippen LogP contribution in [0.4, 0.5) is 0 Å². The molecule has 2 rings (SSSR count). The highest BCUT2D eigenvalue weighted by Gasteiger charge is 2.30. The Labute approximate surface area is 105 Å². The first-order valence-corrected chi connectivity index (χ1v) is 5.92. The molecule has 18 heavy (non-hydrogen) atoms. The highest BCUT2D eigenvalue weighted by atomic mass is 16.5. The van der Waals surface area contributed by atoms with Gasteiger partial charge in [-0.3, -0.25) is 9.59 Å². The number of hydrogen-bond acceptors (Lipinski definition) is 5. The lowest BCUT2D eigenvalue weighted by molar-refractivity contribution is -0.146. The van der Waals surface area contributed by atoms with Crippen LogP contribution >= 0.6 is 0 Å². The van der Waals surface area contributed by atoms with Gasteiger partial charge in [0.2, 0.25) is 0 Å². The predicted octanol–water partition coefficient (Wildman–Crippen LogP) is 1.01. The zero-order chi connectivity index (χ0) is 13.1. The molecule has 0 aliphatic carbocycles. The summed E-state index contributed by atoms with van der Waals surface area (Å²) in [5.74, 6) is -0.120. The van der Waals surface area contributed by atoms with Crippen molar-refractivity contribution in [1.29, 1.82) is 0 Å². The molecule has 0 bridgehead atoms. The molecule has 6 nitrogen and oxygen atoms in total. The normalized spacial score (nSPS) is 19.7. The Bertz CT molecular complexity index is 455. The minimum Gasteiger partial charge on any atom is -0.469 e. The summed E-state index contributed by atoms with van der Waals surface area (Å²) in [4.78, 5) is 25.4. The highest BCUT2D eigenvalue weighted by Crippen LogP contribution is 2.20. The second-order valence-electron chi connectivity index (χ2n) is 4.41. The van der Waals surface area contributed by atoms with Gasteiger partial charge in [0.25, 0.3) is 5.91 Å². The lowest BCUT2D eigenvalue weighted by atomic mass is 9.97. The van der Waals surface area contributed by atoms with E-state index in [1.54, 1.807) is 11.8 Å². The van der Waals surface area contributed by atoms with Gasteiger partial charge in [0.15, 0.2) is 0 Å². The maximum atomic E-state index is 12.2. The van der Waals surface area contributed by atoms with Gasteiger partial charge in [-0.25, -0.2) is 0 Å². The second-order valence-corrected chi connectivity index (χ2v) is 4.41. The molecule has 1 aliphatic heterocycles. The van der Waals surface area contributed by atoms with Gasteiger partial charge in [-0.2, -0.15) is 0 Å². The monoisotopic (exact) mass is 252 g/mol. The van der Waals surface area contributed by atoms with Crippen molar-refractivity contribution >= 4 is 11.9 Å². The van der Waals surface area contributed by atoms with E-state index in [1.807, 2.05) is 0 Å². The zero-order valence-corrected chi connectivity index (χ0v) is 10.5. The number of likely N-dealkylation sites (tertiary alicyclic amines) is 1. The minimum atomic E-state index is -0.255. The lowest BCUT2D eigenvalue weighted by Crippen LogP contribution is -2.42. The van der Waals surface area contributed by atoms with Crippen molar-refractivity contribution in [2.45, 2.75) is 19.8 Å². The topological polar surface area (TPSA) is 72.6 Å². The van der Waals surface area contributed by atoms with Gasteiger partial charge in [0, 0.05) is 13.1 Å². The van der Waals surface area contributed by atoms with Crippen LogP contribution in [0.5, 0.6) is 0 Å².